The second-order valence-electron chi connectivity index (χ2n) is 2.87. The van der Waals surface area contributed by atoms with Crippen LogP contribution in [0.15, 0.2) is 23.6 Å². The highest BCUT2D eigenvalue weighted by Gasteiger charge is 1.99. The van der Waals surface area contributed by atoms with E-state index in [1.165, 1.54) is 0 Å². The zero-order chi connectivity index (χ0) is 9.97. The molecule has 72 valence electrons. The van der Waals surface area contributed by atoms with Gasteiger partial charge < -0.3 is 11.1 Å². The summed E-state index contributed by atoms with van der Waals surface area (Å²) in [5.41, 5.74) is 6.55. The molecule has 0 bridgehead atoms. The number of nitrogens with one attached hydrogen (secondary N) is 1. The molecule has 3 N–H and O–H groups in total. The first-order chi connectivity index (χ1) is 6.74. The van der Waals surface area contributed by atoms with Crippen molar-refractivity contribution >= 4 is 28.1 Å². The molecule has 0 saturated heterocycles. The van der Waals surface area contributed by atoms with Crippen molar-refractivity contribution in [2.75, 3.05) is 11.1 Å². The number of nitrogens with two attached hydrogens (primary N) is 1. The van der Waals surface area contributed by atoms with Gasteiger partial charge in [-0.05, 0) is 19.1 Å². The van der Waals surface area contributed by atoms with E-state index in [9.17, 15) is 0 Å². The lowest BCUT2D eigenvalue weighted by Gasteiger charge is -2.01. The topological polar surface area (TPSA) is 63.8 Å². The van der Waals surface area contributed by atoms with E-state index in [1.807, 2.05) is 24.4 Å². The molecule has 0 amide bonds. The molecule has 0 aromatic carbocycles. The minimum atomic E-state index is 0.503. The Morgan fingerprint density at radius 1 is 1.36 bits per heavy atom. The van der Waals surface area contributed by atoms with Crippen molar-refractivity contribution in [3.05, 3.63) is 29.3 Å². The summed E-state index contributed by atoms with van der Waals surface area (Å²) in [4.78, 5) is 8.37. The van der Waals surface area contributed by atoms with E-state index in [0.29, 0.717) is 5.82 Å². The Balaban J connectivity index is 2.18. The van der Waals surface area contributed by atoms with Crippen LogP contribution in [-0.2, 0) is 0 Å². The molecule has 0 aliphatic carbocycles. The van der Waals surface area contributed by atoms with Crippen molar-refractivity contribution in [3.8, 4) is 0 Å². The molecule has 2 aromatic heterocycles. The number of nitrogen functional groups attached to an aromatic ring is 1. The van der Waals surface area contributed by atoms with Crippen LogP contribution in [0.3, 0.4) is 0 Å². The van der Waals surface area contributed by atoms with Crippen LogP contribution in [0.25, 0.3) is 0 Å². The molecule has 0 aliphatic heterocycles. The summed E-state index contributed by atoms with van der Waals surface area (Å²) < 4.78 is 0. The first-order valence-electron chi connectivity index (χ1n) is 4.16. The van der Waals surface area contributed by atoms with Gasteiger partial charge in [-0.3, -0.25) is 0 Å². The molecule has 4 nitrogen and oxygen atoms in total. The first-order valence-corrected chi connectivity index (χ1v) is 5.04. The number of pyridine rings is 1. The summed E-state index contributed by atoms with van der Waals surface area (Å²) in [5.74, 6) is 1.22. The number of thiazole rings is 1. The fourth-order valence-electron chi connectivity index (χ4n) is 1.04. The monoisotopic (exact) mass is 206 g/mol. The van der Waals surface area contributed by atoms with E-state index in [1.54, 1.807) is 17.4 Å². The molecule has 2 rings (SSSR count). The number of rotatable bonds is 2. The minimum absolute atomic E-state index is 0.503. The van der Waals surface area contributed by atoms with E-state index in [4.69, 9.17) is 5.73 Å². The van der Waals surface area contributed by atoms with Crippen LogP contribution >= 0.6 is 11.3 Å². The number of nitrogens with zero attached hydrogens (tertiary/aromatic N) is 2. The van der Waals surface area contributed by atoms with E-state index >= 15 is 0 Å². The zero-order valence-electron chi connectivity index (χ0n) is 7.69. The molecule has 5 heteroatoms. The van der Waals surface area contributed by atoms with Crippen LogP contribution in [0, 0.1) is 6.92 Å². The summed E-state index contributed by atoms with van der Waals surface area (Å²) in [6.07, 6.45) is 0. The Bertz CT molecular complexity index is 438. The second kappa shape index (κ2) is 3.63. The molecular weight excluding hydrogens is 196 g/mol. The summed E-state index contributed by atoms with van der Waals surface area (Å²) in [7, 11) is 0. The quantitative estimate of drug-likeness (QED) is 0.790. The highest BCUT2D eigenvalue weighted by molar-refractivity contribution is 7.13. The van der Waals surface area contributed by atoms with Crippen molar-refractivity contribution in [1.82, 2.24) is 9.97 Å². The summed E-state index contributed by atoms with van der Waals surface area (Å²) in [6, 6.07) is 5.45. The predicted molar refractivity (Wildman–Crippen MR) is 58.8 cm³/mol. The number of hydrogen-bond donors (Lipinski definition) is 2. The van der Waals surface area contributed by atoms with Gasteiger partial charge >= 0.3 is 0 Å². The maximum atomic E-state index is 5.55. The number of aryl methyl sites for hydroxylation is 1. The Kier molecular flexibility index (Phi) is 2.32. The average molecular weight is 206 g/mol. The molecule has 2 aromatic rings. The molecule has 2 heterocycles. The van der Waals surface area contributed by atoms with Gasteiger partial charge in [0.25, 0.3) is 0 Å². The smallest absolute Gasteiger partial charge is 0.188 e. The van der Waals surface area contributed by atoms with Gasteiger partial charge in [0.1, 0.15) is 11.6 Å². The molecule has 0 atom stereocenters. The molecule has 0 fully saturated rings. The highest BCUT2D eigenvalue weighted by Crippen LogP contribution is 2.19. The molecule has 0 unspecified atom stereocenters. The first kappa shape index (κ1) is 8.96. The van der Waals surface area contributed by atoms with E-state index in [2.05, 4.69) is 15.3 Å². The highest BCUT2D eigenvalue weighted by atomic mass is 32.1. The van der Waals surface area contributed by atoms with E-state index in [0.717, 1.165) is 16.6 Å². The Labute approximate surface area is 85.8 Å². The molecule has 0 aliphatic rings. The predicted octanol–water partition coefficient (Wildman–Crippen LogP) is 2.17. The third kappa shape index (κ3) is 2.00. The van der Waals surface area contributed by atoms with Gasteiger partial charge in [0.2, 0.25) is 0 Å². The Morgan fingerprint density at radius 2 is 2.21 bits per heavy atom. The number of anilines is 3. The van der Waals surface area contributed by atoms with Crippen LogP contribution in [-0.4, -0.2) is 9.97 Å². The summed E-state index contributed by atoms with van der Waals surface area (Å²) in [5, 5.41) is 5.90. The summed E-state index contributed by atoms with van der Waals surface area (Å²) in [6.45, 7) is 1.95. The molecule has 0 saturated carbocycles. The van der Waals surface area contributed by atoms with Crippen LogP contribution < -0.4 is 11.1 Å². The van der Waals surface area contributed by atoms with Crippen LogP contribution in [0.5, 0.6) is 0 Å². The van der Waals surface area contributed by atoms with E-state index in [-0.39, 0.29) is 0 Å². The van der Waals surface area contributed by atoms with Gasteiger partial charge in [0.05, 0.1) is 5.69 Å². The maximum absolute atomic E-state index is 5.55. The van der Waals surface area contributed by atoms with Crippen molar-refractivity contribution in [3.63, 3.8) is 0 Å². The largest absolute Gasteiger partial charge is 0.384 e. The van der Waals surface area contributed by atoms with Gasteiger partial charge in [0.15, 0.2) is 5.13 Å². The number of hydrogen-bond acceptors (Lipinski definition) is 5. The normalized spacial score (nSPS) is 10.1. The third-order valence-corrected chi connectivity index (χ3v) is 2.50. The maximum Gasteiger partial charge on any atom is 0.188 e. The van der Waals surface area contributed by atoms with Crippen LogP contribution in [0.1, 0.15) is 5.69 Å². The van der Waals surface area contributed by atoms with Crippen molar-refractivity contribution in [2.45, 2.75) is 6.92 Å². The lowest BCUT2D eigenvalue weighted by atomic mass is 10.4. The minimum Gasteiger partial charge on any atom is -0.384 e. The molecule has 14 heavy (non-hydrogen) atoms. The summed E-state index contributed by atoms with van der Waals surface area (Å²) >= 11 is 1.55. The second-order valence-corrected chi connectivity index (χ2v) is 3.72. The van der Waals surface area contributed by atoms with Gasteiger partial charge in [-0.25, -0.2) is 9.97 Å². The Morgan fingerprint density at radius 3 is 2.86 bits per heavy atom. The van der Waals surface area contributed by atoms with Crippen LogP contribution in [0.4, 0.5) is 16.8 Å². The van der Waals surface area contributed by atoms with E-state index < -0.39 is 0 Å². The fraction of sp³-hybridized carbons (Fsp3) is 0.111. The van der Waals surface area contributed by atoms with Gasteiger partial charge in [-0.1, -0.05) is 6.07 Å². The Hall–Kier alpha value is -1.62. The van der Waals surface area contributed by atoms with Gasteiger partial charge in [-0.15, -0.1) is 11.3 Å². The molecule has 0 radical (unpaired) electrons. The van der Waals surface area contributed by atoms with Crippen molar-refractivity contribution in [1.29, 1.82) is 0 Å². The fourth-order valence-corrected chi connectivity index (χ4v) is 1.74. The lowest BCUT2D eigenvalue weighted by molar-refractivity contribution is 1.24. The molecular formula is C9H10N4S. The van der Waals surface area contributed by atoms with Gasteiger partial charge in [0, 0.05) is 5.38 Å². The van der Waals surface area contributed by atoms with Crippen molar-refractivity contribution in [2.24, 2.45) is 0 Å². The standard InChI is InChI=1S/C9H10N4S/c1-6-5-14-9(11-6)13-8-4-2-3-7(10)12-8/h2-5H,1H3,(H3,10,11,12,13). The molecule has 0 spiro atoms. The zero-order valence-corrected chi connectivity index (χ0v) is 8.51. The van der Waals surface area contributed by atoms with Crippen molar-refractivity contribution < 1.29 is 0 Å². The van der Waals surface area contributed by atoms with Crippen LogP contribution in [0.2, 0.25) is 0 Å². The van der Waals surface area contributed by atoms with Gasteiger partial charge in [-0.2, -0.15) is 0 Å². The SMILES string of the molecule is Cc1csc(Nc2cccc(N)n2)n1. The lowest BCUT2D eigenvalue weighted by Crippen LogP contribution is -1.96. The average Bonchev–Trinajstić information content (AvgIpc) is 2.51. The number of aromatic nitrogens is 2. The third-order valence-electron chi connectivity index (χ3n) is 1.62.